The largest absolute Gasteiger partial charge is 0.350 e. The molecule has 0 saturated carbocycles. The molecule has 0 bridgehead atoms. The molecule has 3 heterocycles. The fourth-order valence-electron chi connectivity index (χ4n) is 3.53. The zero-order valence-corrected chi connectivity index (χ0v) is 15.5. The van der Waals surface area contributed by atoms with E-state index in [2.05, 4.69) is 10.00 Å². The molecule has 146 valence electrons. The van der Waals surface area contributed by atoms with Gasteiger partial charge in [0, 0.05) is 38.9 Å². The summed E-state index contributed by atoms with van der Waals surface area (Å²) in [6.07, 6.45) is 2.50. The number of carbonyl (C=O) groups excluding carboxylic acids is 1. The lowest BCUT2D eigenvalue weighted by atomic mass is 10.2. The van der Waals surface area contributed by atoms with Crippen LogP contribution in [0.25, 0.3) is 5.65 Å². The predicted octanol–water partition coefficient (Wildman–Crippen LogP) is 1.37. The van der Waals surface area contributed by atoms with Gasteiger partial charge in [0.05, 0.1) is 0 Å². The molecule has 8 heteroatoms. The lowest BCUT2D eigenvalue weighted by molar-refractivity contribution is -0.132. The smallest absolute Gasteiger partial charge is 0.340 e. The van der Waals surface area contributed by atoms with Gasteiger partial charge in [0.2, 0.25) is 5.91 Å². The number of rotatable bonds is 4. The average Bonchev–Trinajstić information content (AvgIpc) is 2.86. The minimum absolute atomic E-state index is 0.0571. The molecule has 7 nitrogen and oxygen atoms in total. The molecular formula is C20H22FN5O2. The minimum atomic E-state index is -0.309. The quantitative estimate of drug-likeness (QED) is 0.683. The number of nitrogens with zero attached hydrogens (tertiary/aromatic N) is 5. The Labute approximate surface area is 161 Å². The van der Waals surface area contributed by atoms with Crippen molar-refractivity contribution < 1.29 is 9.18 Å². The molecule has 1 aromatic carbocycles. The second-order valence-electron chi connectivity index (χ2n) is 7.01. The summed E-state index contributed by atoms with van der Waals surface area (Å²) in [5.74, 6) is -0.340. The van der Waals surface area contributed by atoms with E-state index in [-0.39, 0.29) is 24.0 Å². The Morgan fingerprint density at radius 3 is 2.64 bits per heavy atom. The van der Waals surface area contributed by atoms with Crippen LogP contribution < -0.4 is 5.69 Å². The molecule has 3 aromatic rings. The fourth-order valence-corrected chi connectivity index (χ4v) is 3.53. The zero-order valence-electron chi connectivity index (χ0n) is 15.5. The van der Waals surface area contributed by atoms with Gasteiger partial charge >= 0.3 is 5.69 Å². The van der Waals surface area contributed by atoms with Crippen LogP contribution in [0.3, 0.4) is 0 Å². The maximum atomic E-state index is 13.1. The van der Waals surface area contributed by atoms with Gasteiger partial charge < -0.3 is 4.90 Å². The van der Waals surface area contributed by atoms with Gasteiger partial charge in [0.15, 0.2) is 5.65 Å². The second kappa shape index (κ2) is 7.93. The third-order valence-corrected chi connectivity index (χ3v) is 5.03. The number of pyridine rings is 1. The summed E-state index contributed by atoms with van der Waals surface area (Å²) in [4.78, 5) is 29.1. The van der Waals surface area contributed by atoms with Gasteiger partial charge in [-0.3, -0.25) is 14.1 Å². The first-order chi connectivity index (χ1) is 13.6. The van der Waals surface area contributed by atoms with Crippen molar-refractivity contribution in [3.05, 3.63) is 70.5 Å². The van der Waals surface area contributed by atoms with Crippen molar-refractivity contribution in [3.63, 3.8) is 0 Å². The Kier molecular flexibility index (Phi) is 5.21. The van der Waals surface area contributed by atoms with Crippen LogP contribution in [-0.2, 0) is 17.9 Å². The molecule has 0 unspecified atom stereocenters. The summed E-state index contributed by atoms with van der Waals surface area (Å²) in [7, 11) is 0. The molecule has 0 N–H and O–H groups in total. The van der Waals surface area contributed by atoms with E-state index in [9.17, 15) is 14.0 Å². The average molecular weight is 383 g/mol. The molecule has 1 saturated heterocycles. The van der Waals surface area contributed by atoms with Gasteiger partial charge in [0.25, 0.3) is 0 Å². The molecule has 1 amide bonds. The third kappa shape index (κ3) is 3.96. The lowest BCUT2D eigenvalue weighted by Gasteiger charge is -2.22. The zero-order chi connectivity index (χ0) is 19.5. The molecule has 0 atom stereocenters. The third-order valence-electron chi connectivity index (χ3n) is 5.03. The molecule has 1 aliphatic heterocycles. The Morgan fingerprint density at radius 1 is 1.04 bits per heavy atom. The van der Waals surface area contributed by atoms with Gasteiger partial charge in [-0.15, -0.1) is 5.10 Å². The number of hydrogen-bond acceptors (Lipinski definition) is 4. The van der Waals surface area contributed by atoms with E-state index < -0.39 is 0 Å². The molecule has 0 spiro atoms. The van der Waals surface area contributed by atoms with Crippen LogP contribution >= 0.6 is 0 Å². The maximum absolute atomic E-state index is 13.1. The van der Waals surface area contributed by atoms with E-state index in [1.807, 2.05) is 0 Å². The lowest BCUT2D eigenvalue weighted by Crippen LogP contribution is -2.39. The summed E-state index contributed by atoms with van der Waals surface area (Å²) >= 11 is 0. The van der Waals surface area contributed by atoms with Gasteiger partial charge in [-0.2, -0.15) is 0 Å². The number of amides is 1. The van der Waals surface area contributed by atoms with Crippen LogP contribution in [0.2, 0.25) is 0 Å². The molecule has 0 radical (unpaired) electrons. The number of aromatic nitrogens is 3. The van der Waals surface area contributed by atoms with E-state index in [0.29, 0.717) is 18.7 Å². The molecule has 4 rings (SSSR count). The van der Waals surface area contributed by atoms with Gasteiger partial charge in [0.1, 0.15) is 12.4 Å². The second-order valence-corrected chi connectivity index (χ2v) is 7.01. The minimum Gasteiger partial charge on any atom is -0.340 e. The molecule has 1 aliphatic rings. The van der Waals surface area contributed by atoms with Crippen molar-refractivity contribution in [1.29, 1.82) is 0 Å². The van der Waals surface area contributed by atoms with E-state index in [1.165, 1.54) is 21.2 Å². The van der Waals surface area contributed by atoms with Crippen LogP contribution in [0.4, 0.5) is 4.39 Å². The normalized spacial score (nSPS) is 15.7. The highest BCUT2D eigenvalue weighted by Gasteiger charge is 2.21. The highest BCUT2D eigenvalue weighted by atomic mass is 19.1. The topological polar surface area (TPSA) is 62.9 Å². The number of hydrogen-bond donors (Lipinski definition) is 0. The Balaban J connectivity index is 1.38. The SMILES string of the molecule is O=C(Cn1nc2ccccn2c1=O)N1CCCN(Cc2ccc(F)cc2)CC1. The number of fused-ring (bicyclic) bond motifs is 1. The van der Waals surface area contributed by atoms with Crippen molar-refractivity contribution >= 4 is 11.6 Å². The summed E-state index contributed by atoms with van der Waals surface area (Å²) in [5, 5.41) is 4.23. The molecule has 0 aliphatic carbocycles. The van der Waals surface area contributed by atoms with E-state index in [1.54, 1.807) is 41.4 Å². The highest BCUT2D eigenvalue weighted by molar-refractivity contribution is 5.76. The van der Waals surface area contributed by atoms with Crippen molar-refractivity contribution in [3.8, 4) is 0 Å². The van der Waals surface area contributed by atoms with Crippen LogP contribution in [0.1, 0.15) is 12.0 Å². The van der Waals surface area contributed by atoms with Crippen LogP contribution in [0.15, 0.2) is 53.5 Å². The summed E-state index contributed by atoms with van der Waals surface area (Å²) in [5.41, 5.74) is 1.27. The predicted molar refractivity (Wildman–Crippen MR) is 102 cm³/mol. The summed E-state index contributed by atoms with van der Waals surface area (Å²) in [6.45, 7) is 3.54. The van der Waals surface area contributed by atoms with Crippen LogP contribution in [0, 0.1) is 5.82 Å². The van der Waals surface area contributed by atoms with E-state index >= 15 is 0 Å². The summed E-state index contributed by atoms with van der Waals surface area (Å²) in [6, 6.07) is 11.8. The van der Waals surface area contributed by atoms with Crippen molar-refractivity contribution in [2.24, 2.45) is 0 Å². The van der Waals surface area contributed by atoms with Gasteiger partial charge in [-0.25, -0.2) is 13.9 Å². The maximum Gasteiger partial charge on any atom is 0.350 e. The number of benzene rings is 1. The molecule has 1 fully saturated rings. The van der Waals surface area contributed by atoms with Gasteiger partial charge in [-0.1, -0.05) is 18.2 Å². The van der Waals surface area contributed by atoms with E-state index in [0.717, 1.165) is 31.6 Å². The fraction of sp³-hybridized carbons (Fsp3) is 0.350. The Hall–Kier alpha value is -3.00. The molecule has 28 heavy (non-hydrogen) atoms. The first-order valence-electron chi connectivity index (χ1n) is 9.39. The molecular weight excluding hydrogens is 361 g/mol. The van der Waals surface area contributed by atoms with Gasteiger partial charge in [-0.05, 0) is 36.2 Å². The number of halogens is 1. The summed E-state index contributed by atoms with van der Waals surface area (Å²) < 4.78 is 15.7. The van der Waals surface area contributed by atoms with Crippen molar-refractivity contribution in [2.75, 3.05) is 26.2 Å². The van der Waals surface area contributed by atoms with Crippen LogP contribution in [0.5, 0.6) is 0 Å². The Morgan fingerprint density at radius 2 is 1.86 bits per heavy atom. The Bertz CT molecular complexity index is 1030. The highest BCUT2D eigenvalue weighted by Crippen LogP contribution is 2.10. The number of carbonyl (C=O) groups is 1. The van der Waals surface area contributed by atoms with E-state index in [4.69, 9.17) is 0 Å². The first-order valence-corrected chi connectivity index (χ1v) is 9.39. The first kappa shape index (κ1) is 18.4. The van der Waals surface area contributed by atoms with Crippen molar-refractivity contribution in [1.82, 2.24) is 24.0 Å². The van der Waals surface area contributed by atoms with Crippen LogP contribution in [-0.4, -0.2) is 56.1 Å². The van der Waals surface area contributed by atoms with Crippen molar-refractivity contribution in [2.45, 2.75) is 19.5 Å². The standard InChI is InChI=1S/C20H22FN5O2/c21-17-7-5-16(6-8-17)14-23-9-3-10-24(13-12-23)19(27)15-26-20(28)25-11-2-1-4-18(25)22-26/h1-2,4-8,11H,3,9-10,12-15H2. The molecule has 2 aromatic heterocycles. The monoisotopic (exact) mass is 383 g/mol.